The molecule has 1 N–H and O–H groups in total. The van der Waals surface area contributed by atoms with Gasteiger partial charge in [0.1, 0.15) is 13.2 Å². The van der Waals surface area contributed by atoms with Gasteiger partial charge < -0.3 is 14.8 Å². The summed E-state index contributed by atoms with van der Waals surface area (Å²) in [4.78, 5) is 12.0. The fraction of sp³-hybridized carbons (Fsp3) is 0.188. The van der Waals surface area contributed by atoms with Crippen molar-refractivity contribution in [1.82, 2.24) is 5.32 Å². The average molecular weight is 304 g/mol. The van der Waals surface area contributed by atoms with Crippen LogP contribution in [-0.2, 0) is 6.54 Å². The smallest absolute Gasteiger partial charge is 0.251 e. The van der Waals surface area contributed by atoms with E-state index in [1.54, 1.807) is 24.3 Å². The predicted octanol–water partition coefficient (Wildman–Crippen LogP) is 3.04. The predicted molar refractivity (Wildman–Crippen MR) is 80.1 cm³/mol. The molecule has 0 fully saturated rings. The Morgan fingerprint density at radius 3 is 2.52 bits per heavy atom. The Labute approximate surface area is 127 Å². The van der Waals surface area contributed by atoms with Gasteiger partial charge in [0.2, 0.25) is 0 Å². The molecule has 0 radical (unpaired) electrons. The van der Waals surface area contributed by atoms with Crippen LogP contribution in [0.4, 0.5) is 0 Å². The second kappa shape index (κ2) is 6.06. The van der Waals surface area contributed by atoms with Crippen molar-refractivity contribution in [3.05, 3.63) is 58.6 Å². The summed E-state index contributed by atoms with van der Waals surface area (Å²) in [7, 11) is 0. The highest BCUT2D eigenvalue weighted by molar-refractivity contribution is 6.30. The summed E-state index contributed by atoms with van der Waals surface area (Å²) in [5, 5.41) is 3.47. The van der Waals surface area contributed by atoms with Gasteiger partial charge in [0.15, 0.2) is 11.5 Å². The Kier molecular flexibility index (Phi) is 3.97. The van der Waals surface area contributed by atoms with Gasteiger partial charge in [0.05, 0.1) is 0 Å². The zero-order chi connectivity index (χ0) is 14.7. The van der Waals surface area contributed by atoms with Crippen molar-refractivity contribution in [2.75, 3.05) is 13.2 Å². The maximum atomic E-state index is 12.0. The molecular weight excluding hydrogens is 290 g/mol. The number of nitrogens with one attached hydrogen (secondary N) is 1. The van der Waals surface area contributed by atoms with Crippen LogP contribution in [0, 0.1) is 0 Å². The number of carbonyl (C=O) groups excluding carboxylic acids is 1. The highest BCUT2D eigenvalue weighted by Crippen LogP contribution is 2.30. The van der Waals surface area contributed by atoms with Gasteiger partial charge in [0.25, 0.3) is 5.91 Å². The van der Waals surface area contributed by atoms with Gasteiger partial charge in [-0.25, -0.2) is 0 Å². The lowest BCUT2D eigenvalue weighted by molar-refractivity contribution is 0.0951. The van der Waals surface area contributed by atoms with E-state index >= 15 is 0 Å². The Balaban J connectivity index is 1.64. The summed E-state index contributed by atoms with van der Waals surface area (Å²) < 4.78 is 11.0. The van der Waals surface area contributed by atoms with Crippen molar-refractivity contribution in [2.24, 2.45) is 0 Å². The van der Waals surface area contributed by atoms with Gasteiger partial charge in [-0.3, -0.25) is 4.79 Å². The van der Waals surface area contributed by atoms with Crippen molar-refractivity contribution < 1.29 is 14.3 Å². The maximum Gasteiger partial charge on any atom is 0.251 e. The molecule has 0 bridgehead atoms. The minimum absolute atomic E-state index is 0.137. The number of benzene rings is 2. The molecule has 21 heavy (non-hydrogen) atoms. The van der Waals surface area contributed by atoms with Crippen molar-refractivity contribution in [2.45, 2.75) is 6.54 Å². The Hall–Kier alpha value is -2.20. The normalized spacial score (nSPS) is 12.8. The Morgan fingerprint density at radius 2 is 1.76 bits per heavy atom. The number of fused-ring (bicyclic) bond motifs is 1. The van der Waals surface area contributed by atoms with Gasteiger partial charge >= 0.3 is 0 Å². The van der Waals surface area contributed by atoms with Gasteiger partial charge in [0, 0.05) is 17.1 Å². The van der Waals surface area contributed by atoms with E-state index in [-0.39, 0.29) is 5.91 Å². The fourth-order valence-electron chi connectivity index (χ4n) is 2.08. The highest BCUT2D eigenvalue weighted by atomic mass is 35.5. The molecule has 108 valence electrons. The minimum Gasteiger partial charge on any atom is -0.486 e. The van der Waals surface area contributed by atoms with Gasteiger partial charge in [-0.2, -0.15) is 0 Å². The van der Waals surface area contributed by atoms with Crippen LogP contribution in [0.25, 0.3) is 0 Å². The monoisotopic (exact) mass is 303 g/mol. The third-order valence-corrected chi connectivity index (χ3v) is 3.42. The summed E-state index contributed by atoms with van der Waals surface area (Å²) in [5.41, 5.74) is 1.54. The first-order valence-corrected chi connectivity index (χ1v) is 7.02. The first-order chi connectivity index (χ1) is 10.2. The van der Waals surface area contributed by atoms with E-state index in [1.165, 1.54) is 0 Å². The molecule has 0 atom stereocenters. The lowest BCUT2D eigenvalue weighted by atomic mass is 10.1. The molecule has 2 aromatic rings. The van der Waals surface area contributed by atoms with Crippen LogP contribution in [-0.4, -0.2) is 19.1 Å². The SMILES string of the molecule is O=C(NCc1ccc2c(c1)OCCO2)c1ccc(Cl)cc1. The minimum atomic E-state index is -0.137. The molecule has 3 rings (SSSR count). The zero-order valence-electron chi connectivity index (χ0n) is 11.3. The highest BCUT2D eigenvalue weighted by Gasteiger charge is 2.12. The molecule has 0 aliphatic carbocycles. The standard InChI is InChI=1S/C16H14ClNO3/c17-13-4-2-12(3-5-13)16(19)18-10-11-1-6-14-15(9-11)21-8-7-20-14/h1-6,9H,7-8,10H2,(H,18,19). The lowest BCUT2D eigenvalue weighted by Gasteiger charge is -2.19. The molecule has 1 aliphatic rings. The number of ether oxygens (including phenoxy) is 2. The van der Waals surface area contributed by atoms with E-state index in [0.717, 1.165) is 17.1 Å². The van der Waals surface area contributed by atoms with Crippen LogP contribution < -0.4 is 14.8 Å². The van der Waals surface area contributed by atoms with Gasteiger partial charge in [-0.15, -0.1) is 0 Å². The molecule has 0 saturated carbocycles. The third-order valence-electron chi connectivity index (χ3n) is 3.17. The van der Waals surface area contributed by atoms with E-state index in [1.807, 2.05) is 18.2 Å². The van der Waals surface area contributed by atoms with Gasteiger partial charge in [-0.05, 0) is 42.0 Å². The van der Waals surface area contributed by atoms with E-state index in [0.29, 0.717) is 30.3 Å². The summed E-state index contributed by atoms with van der Waals surface area (Å²) in [6.45, 7) is 1.55. The number of carbonyl (C=O) groups is 1. The number of halogens is 1. The number of hydrogen-bond donors (Lipinski definition) is 1. The van der Waals surface area contributed by atoms with Crippen molar-refractivity contribution >= 4 is 17.5 Å². The molecule has 0 unspecified atom stereocenters. The first-order valence-electron chi connectivity index (χ1n) is 6.65. The molecular formula is C16H14ClNO3. The Bertz CT molecular complexity index is 655. The van der Waals surface area contributed by atoms with Crippen LogP contribution in [0.5, 0.6) is 11.5 Å². The lowest BCUT2D eigenvalue weighted by Crippen LogP contribution is -2.23. The van der Waals surface area contributed by atoms with E-state index in [9.17, 15) is 4.79 Å². The van der Waals surface area contributed by atoms with E-state index < -0.39 is 0 Å². The molecule has 1 heterocycles. The van der Waals surface area contributed by atoms with Crippen LogP contribution in [0.3, 0.4) is 0 Å². The number of hydrogen-bond acceptors (Lipinski definition) is 3. The fourth-order valence-corrected chi connectivity index (χ4v) is 2.21. The number of rotatable bonds is 3. The molecule has 1 aliphatic heterocycles. The largest absolute Gasteiger partial charge is 0.486 e. The average Bonchev–Trinajstić information content (AvgIpc) is 2.53. The molecule has 2 aromatic carbocycles. The number of amides is 1. The van der Waals surface area contributed by atoms with Crippen molar-refractivity contribution in [1.29, 1.82) is 0 Å². The van der Waals surface area contributed by atoms with Crippen molar-refractivity contribution in [3.63, 3.8) is 0 Å². The van der Waals surface area contributed by atoms with Crippen LogP contribution in [0.1, 0.15) is 15.9 Å². The zero-order valence-corrected chi connectivity index (χ0v) is 12.0. The van der Waals surface area contributed by atoms with Crippen molar-refractivity contribution in [3.8, 4) is 11.5 Å². The first kappa shape index (κ1) is 13.8. The van der Waals surface area contributed by atoms with Crippen LogP contribution >= 0.6 is 11.6 Å². The molecule has 0 spiro atoms. The second-order valence-electron chi connectivity index (χ2n) is 4.67. The van der Waals surface area contributed by atoms with E-state index in [2.05, 4.69) is 5.32 Å². The topological polar surface area (TPSA) is 47.6 Å². The molecule has 0 aromatic heterocycles. The quantitative estimate of drug-likeness (QED) is 0.948. The van der Waals surface area contributed by atoms with Crippen LogP contribution in [0.2, 0.25) is 5.02 Å². The third kappa shape index (κ3) is 3.28. The Morgan fingerprint density at radius 1 is 1.05 bits per heavy atom. The maximum absolute atomic E-state index is 12.0. The summed E-state index contributed by atoms with van der Waals surface area (Å²) in [6, 6.07) is 12.4. The summed E-state index contributed by atoms with van der Waals surface area (Å²) >= 11 is 5.80. The van der Waals surface area contributed by atoms with Crippen LogP contribution in [0.15, 0.2) is 42.5 Å². The van der Waals surface area contributed by atoms with E-state index in [4.69, 9.17) is 21.1 Å². The second-order valence-corrected chi connectivity index (χ2v) is 5.10. The van der Waals surface area contributed by atoms with Gasteiger partial charge in [-0.1, -0.05) is 17.7 Å². The summed E-state index contributed by atoms with van der Waals surface area (Å²) in [5.74, 6) is 1.33. The molecule has 0 saturated heterocycles. The molecule has 1 amide bonds. The molecule has 4 nitrogen and oxygen atoms in total. The summed E-state index contributed by atoms with van der Waals surface area (Å²) in [6.07, 6.45) is 0. The molecule has 5 heteroatoms.